The van der Waals surface area contributed by atoms with Gasteiger partial charge in [0.05, 0.1) is 6.61 Å². The second kappa shape index (κ2) is 5.04. The molecule has 4 N–H and O–H groups in total. The molecule has 0 aromatic heterocycles. The van der Waals surface area contributed by atoms with E-state index < -0.39 is 10.2 Å². The van der Waals surface area contributed by atoms with Gasteiger partial charge in [-0.05, 0) is 12.8 Å². The van der Waals surface area contributed by atoms with Gasteiger partial charge in [0, 0.05) is 25.7 Å². The number of hydrogen-bond acceptors (Lipinski definition) is 4. The lowest BCUT2D eigenvalue weighted by Crippen LogP contribution is -2.53. The Labute approximate surface area is 84.4 Å². The standard InChI is InChI=1S/C7H17N3O3S/c1-13-3-2-9-14(11,12)10-7-4-6(8)5-7/h6-7,9-10H,2-5,8H2,1H3. The molecule has 1 aliphatic carbocycles. The summed E-state index contributed by atoms with van der Waals surface area (Å²) in [6.07, 6.45) is 1.43. The largest absolute Gasteiger partial charge is 0.383 e. The first-order valence-corrected chi connectivity index (χ1v) is 6.03. The normalized spacial score (nSPS) is 27.3. The molecule has 1 rings (SSSR count). The zero-order chi connectivity index (χ0) is 10.6. The van der Waals surface area contributed by atoms with Gasteiger partial charge in [-0.2, -0.15) is 17.9 Å². The maximum Gasteiger partial charge on any atom is 0.277 e. The molecule has 84 valence electrons. The third-order valence-electron chi connectivity index (χ3n) is 2.09. The lowest BCUT2D eigenvalue weighted by molar-refractivity contribution is 0.204. The molecule has 0 spiro atoms. The summed E-state index contributed by atoms with van der Waals surface area (Å²) in [6.45, 7) is 0.649. The van der Waals surface area contributed by atoms with Crippen LogP contribution in [0.25, 0.3) is 0 Å². The molecule has 0 bridgehead atoms. The highest BCUT2D eigenvalue weighted by molar-refractivity contribution is 7.87. The van der Waals surface area contributed by atoms with Crippen molar-refractivity contribution in [2.45, 2.75) is 24.9 Å². The number of nitrogens with one attached hydrogen (secondary N) is 2. The maximum absolute atomic E-state index is 11.3. The summed E-state index contributed by atoms with van der Waals surface area (Å²) in [5.74, 6) is 0. The van der Waals surface area contributed by atoms with Crippen LogP contribution in [-0.2, 0) is 14.9 Å². The van der Waals surface area contributed by atoms with Gasteiger partial charge in [0.25, 0.3) is 10.2 Å². The van der Waals surface area contributed by atoms with Gasteiger partial charge in [-0.1, -0.05) is 0 Å². The predicted molar refractivity (Wildman–Crippen MR) is 52.9 cm³/mol. The van der Waals surface area contributed by atoms with E-state index in [0.29, 0.717) is 19.4 Å². The molecule has 0 unspecified atom stereocenters. The molecule has 0 saturated heterocycles. The first-order valence-electron chi connectivity index (χ1n) is 4.55. The van der Waals surface area contributed by atoms with E-state index in [-0.39, 0.29) is 18.6 Å². The monoisotopic (exact) mass is 223 g/mol. The molecule has 0 aliphatic heterocycles. The average Bonchev–Trinajstić information content (AvgIpc) is 2.01. The molecule has 0 atom stereocenters. The summed E-state index contributed by atoms with van der Waals surface area (Å²) in [4.78, 5) is 0. The number of methoxy groups -OCH3 is 1. The van der Waals surface area contributed by atoms with Crippen molar-refractivity contribution in [1.29, 1.82) is 0 Å². The molecule has 0 amide bonds. The maximum atomic E-state index is 11.3. The Morgan fingerprint density at radius 1 is 1.50 bits per heavy atom. The van der Waals surface area contributed by atoms with Crippen molar-refractivity contribution in [2.75, 3.05) is 20.3 Å². The van der Waals surface area contributed by atoms with E-state index in [1.54, 1.807) is 0 Å². The summed E-state index contributed by atoms with van der Waals surface area (Å²) in [7, 11) is -1.85. The van der Waals surface area contributed by atoms with Crippen molar-refractivity contribution in [3.63, 3.8) is 0 Å². The van der Waals surface area contributed by atoms with Gasteiger partial charge >= 0.3 is 0 Å². The third kappa shape index (κ3) is 3.89. The van der Waals surface area contributed by atoms with Crippen molar-refractivity contribution in [1.82, 2.24) is 9.44 Å². The zero-order valence-corrected chi connectivity index (χ0v) is 9.01. The van der Waals surface area contributed by atoms with E-state index in [2.05, 4.69) is 9.44 Å². The van der Waals surface area contributed by atoms with Gasteiger partial charge in [0.2, 0.25) is 0 Å². The van der Waals surface area contributed by atoms with E-state index in [9.17, 15) is 8.42 Å². The summed E-state index contributed by atoms with van der Waals surface area (Å²) in [5, 5.41) is 0. The minimum Gasteiger partial charge on any atom is -0.383 e. The molecule has 14 heavy (non-hydrogen) atoms. The van der Waals surface area contributed by atoms with Gasteiger partial charge < -0.3 is 10.5 Å². The van der Waals surface area contributed by atoms with E-state index >= 15 is 0 Å². The second-order valence-electron chi connectivity index (χ2n) is 3.44. The van der Waals surface area contributed by atoms with Crippen molar-refractivity contribution < 1.29 is 13.2 Å². The van der Waals surface area contributed by atoms with Crippen molar-refractivity contribution in [3.05, 3.63) is 0 Å². The zero-order valence-electron chi connectivity index (χ0n) is 8.19. The highest BCUT2D eigenvalue weighted by Gasteiger charge is 2.29. The van der Waals surface area contributed by atoms with Crippen LogP contribution in [0.15, 0.2) is 0 Å². The van der Waals surface area contributed by atoms with Crippen LogP contribution in [0.4, 0.5) is 0 Å². The molecule has 1 fully saturated rings. The highest BCUT2D eigenvalue weighted by atomic mass is 32.2. The van der Waals surface area contributed by atoms with Crippen LogP contribution in [0.1, 0.15) is 12.8 Å². The Bertz CT molecular complexity index is 261. The Balaban J connectivity index is 2.21. The second-order valence-corrected chi connectivity index (χ2v) is 4.97. The smallest absolute Gasteiger partial charge is 0.277 e. The summed E-state index contributed by atoms with van der Waals surface area (Å²) in [6, 6.07) is 0.131. The van der Waals surface area contributed by atoms with Crippen molar-refractivity contribution in [2.24, 2.45) is 5.73 Å². The van der Waals surface area contributed by atoms with E-state index in [1.807, 2.05) is 0 Å². The van der Waals surface area contributed by atoms with Crippen molar-refractivity contribution >= 4 is 10.2 Å². The summed E-state index contributed by atoms with van der Waals surface area (Å²) < 4.78 is 32.2. The van der Waals surface area contributed by atoms with Crippen molar-refractivity contribution in [3.8, 4) is 0 Å². The van der Waals surface area contributed by atoms with Crippen LogP contribution in [-0.4, -0.2) is 40.8 Å². The minimum atomic E-state index is -3.37. The molecule has 0 heterocycles. The molecule has 0 aromatic carbocycles. The highest BCUT2D eigenvalue weighted by Crippen LogP contribution is 2.17. The fraction of sp³-hybridized carbons (Fsp3) is 1.00. The van der Waals surface area contributed by atoms with E-state index in [1.165, 1.54) is 7.11 Å². The SMILES string of the molecule is COCCNS(=O)(=O)NC1CC(N)C1. The minimum absolute atomic E-state index is 0.00922. The molecule has 7 heteroatoms. The lowest BCUT2D eigenvalue weighted by atomic mass is 9.89. The Morgan fingerprint density at radius 2 is 2.14 bits per heavy atom. The fourth-order valence-corrected chi connectivity index (χ4v) is 2.36. The van der Waals surface area contributed by atoms with E-state index in [0.717, 1.165) is 0 Å². The van der Waals surface area contributed by atoms with Gasteiger partial charge in [-0.3, -0.25) is 0 Å². The number of hydrogen-bond donors (Lipinski definition) is 3. The number of rotatable bonds is 6. The van der Waals surface area contributed by atoms with Crippen LogP contribution in [0.3, 0.4) is 0 Å². The Morgan fingerprint density at radius 3 is 2.64 bits per heavy atom. The Hall–Kier alpha value is -0.210. The van der Waals surface area contributed by atoms with Gasteiger partial charge in [-0.15, -0.1) is 0 Å². The molecule has 0 aromatic rings. The van der Waals surface area contributed by atoms with Crippen LogP contribution in [0.2, 0.25) is 0 Å². The molecule has 0 radical (unpaired) electrons. The number of ether oxygens (including phenoxy) is 1. The third-order valence-corrected chi connectivity index (χ3v) is 3.32. The summed E-state index contributed by atoms with van der Waals surface area (Å²) >= 11 is 0. The van der Waals surface area contributed by atoms with Crippen LogP contribution in [0, 0.1) is 0 Å². The average molecular weight is 223 g/mol. The molecule has 6 nitrogen and oxygen atoms in total. The molecular weight excluding hydrogens is 206 g/mol. The van der Waals surface area contributed by atoms with Gasteiger partial charge in [0.1, 0.15) is 0 Å². The predicted octanol–water partition coefficient (Wildman–Crippen LogP) is -1.45. The van der Waals surface area contributed by atoms with Crippen LogP contribution < -0.4 is 15.2 Å². The number of nitrogens with two attached hydrogens (primary N) is 1. The Kier molecular flexibility index (Phi) is 4.27. The first-order chi connectivity index (χ1) is 6.53. The fourth-order valence-electron chi connectivity index (χ4n) is 1.30. The molecular formula is C7H17N3O3S. The summed E-state index contributed by atoms with van der Waals surface area (Å²) in [5.41, 5.74) is 5.53. The topological polar surface area (TPSA) is 93.4 Å². The quantitative estimate of drug-likeness (QED) is 0.480. The first kappa shape index (κ1) is 11.9. The van der Waals surface area contributed by atoms with E-state index in [4.69, 9.17) is 10.5 Å². The van der Waals surface area contributed by atoms with Crippen LogP contribution >= 0.6 is 0 Å². The lowest BCUT2D eigenvalue weighted by Gasteiger charge is -2.32. The van der Waals surface area contributed by atoms with Crippen LogP contribution in [0.5, 0.6) is 0 Å². The molecule has 1 aliphatic rings. The van der Waals surface area contributed by atoms with Gasteiger partial charge in [-0.25, -0.2) is 0 Å². The van der Waals surface area contributed by atoms with Gasteiger partial charge in [0.15, 0.2) is 0 Å². The molecule has 1 saturated carbocycles.